The predicted octanol–water partition coefficient (Wildman–Crippen LogP) is 3.05. The molecule has 0 spiro atoms. The molecule has 2 aliphatic rings. The minimum Gasteiger partial charge on any atom is -0.444 e. The maximum Gasteiger partial charge on any atom is 0.407 e. The Labute approximate surface area is 132 Å². The van der Waals surface area contributed by atoms with Crippen LogP contribution < -0.4 is 10.6 Å². The van der Waals surface area contributed by atoms with Gasteiger partial charge < -0.3 is 15.4 Å². The first-order chi connectivity index (χ1) is 10.3. The first-order valence-corrected chi connectivity index (χ1v) is 8.33. The molecule has 0 aromatic heterocycles. The fraction of sp³-hybridized carbons (Fsp3) is 0.765. The molecule has 2 rings (SSSR count). The van der Waals surface area contributed by atoms with Crippen molar-refractivity contribution in [3.05, 3.63) is 11.6 Å². The largest absolute Gasteiger partial charge is 0.444 e. The van der Waals surface area contributed by atoms with Crippen LogP contribution in [0.2, 0.25) is 0 Å². The number of carbonyl (C=O) groups is 2. The van der Waals surface area contributed by atoms with E-state index >= 15 is 0 Å². The van der Waals surface area contributed by atoms with Gasteiger partial charge in [0.2, 0.25) is 5.91 Å². The summed E-state index contributed by atoms with van der Waals surface area (Å²) in [5.74, 6) is 0.0698. The van der Waals surface area contributed by atoms with Gasteiger partial charge in [-0.15, -0.1) is 0 Å². The first kappa shape index (κ1) is 16.8. The van der Waals surface area contributed by atoms with Crippen LogP contribution in [0.3, 0.4) is 0 Å². The molecule has 0 radical (unpaired) electrons. The van der Waals surface area contributed by atoms with Crippen LogP contribution in [-0.2, 0) is 9.53 Å². The summed E-state index contributed by atoms with van der Waals surface area (Å²) in [6.07, 6.45) is 8.34. The molecule has 1 saturated carbocycles. The molecule has 5 heteroatoms. The number of allylic oxidation sites excluding steroid dienone is 1. The summed E-state index contributed by atoms with van der Waals surface area (Å²) in [6.45, 7) is 5.56. The van der Waals surface area contributed by atoms with Gasteiger partial charge in [0.1, 0.15) is 5.60 Å². The number of carbonyl (C=O) groups excluding carboxylic acids is 2. The van der Waals surface area contributed by atoms with Crippen molar-refractivity contribution in [1.29, 1.82) is 0 Å². The molecule has 0 saturated heterocycles. The number of alkyl carbamates (subject to hydrolysis) is 1. The van der Waals surface area contributed by atoms with Gasteiger partial charge in [0, 0.05) is 17.7 Å². The number of hydrogen-bond acceptors (Lipinski definition) is 3. The topological polar surface area (TPSA) is 67.4 Å². The van der Waals surface area contributed by atoms with E-state index in [2.05, 4.69) is 10.6 Å². The smallest absolute Gasteiger partial charge is 0.407 e. The second kappa shape index (κ2) is 7.16. The molecule has 1 fully saturated rings. The van der Waals surface area contributed by atoms with Crippen LogP contribution in [0.15, 0.2) is 11.6 Å². The molecule has 0 aromatic carbocycles. The standard InChI is InChI=1S/C17H28N2O3/c1-17(2,3)22-16(21)19-14-10-6-9-13(11-14)18-15(20)12-7-4-5-8-12/h7,13-14H,4-6,8-11H2,1-3H3,(H,18,20)(H,19,21)/t13-,14-/m1/s1. The van der Waals surface area contributed by atoms with E-state index < -0.39 is 5.60 Å². The molecule has 22 heavy (non-hydrogen) atoms. The lowest BCUT2D eigenvalue weighted by atomic mass is 9.91. The third-order valence-electron chi connectivity index (χ3n) is 4.06. The number of nitrogens with one attached hydrogen (secondary N) is 2. The van der Waals surface area contributed by atoms with Gasteiger partial charge in [-0.05, 0) is 65.7 Å². The maximum absolute atomic E-state index is 12.1. The van der Waals surface area contributed by atoms with Crippen molar-refractivity contribution < 1.29 is 14.3 Å². The molecule has 124 valence electrons. The zero-order valence-corrected chi connectivity index (χ0v) is 13.9. The lowest BCUT2D eigenvalue weighted by Gasteiger charge is -2.31. The van der Waals surface area contributed by atoms with E-state index in [1.807, 2.05) is 26.8 Å². The van der Waals surface area contributed by atoms with Crippen molar-refractivity contribution in [2.75, 3.05) is 0 Å². The van der Waals surface area contributed by atoms with Gasteiger partial charge in [0.15, 0.2) is 0 Å². The number of ether oxygens (including phenoxy) is 1. The highest BCUT2D eigenvalue weighted by Crippen LogP contribution is 2.22. The predicted molar refractivity (Wildman–Crippen MR) is 85.5 cm³/mol. The quantitative estimate of drug-likeness (QED) is 0.842. The second-order valence-electron chi connectivity index (χ2n) is 7.30. The molecule has 0 aromatic rings. The van der Waals surface area contributed by atoms with Crippen molar-refractivity contribution >= 4 is 12.0 Å². The Bertz CT molecular complexity index is 451. The molecule has 5 nitrogen and oxygen atoms in total. The van der Waals surface area contributed by atoms with Gasteiger partial charge >= 0.3 is 6.09 Å². The monoisotopic (exact) mass is 308 g/mol. The van der Waals surface area contributed by atoms with Gasteiger partial charge in [0.25, 0.3) is 0 Å². The molecule has 2 atom stereocenters. The lowest BCUT2D eigenvalue weighted by molar-refractivity contribution is -0.118. The van der Waals surface area contributed by atoms with Crippen molar-refractivity contribution in [2.45, 2.75) is 83.4 Å². The third kappa shape index (κ3) is 5.35. The first-order valence-electron chi connectivity index (χ1n) is 8.33. The zero-order chi connectivity index (χ0) is 16.2. The summed E-state index contributed by atoms with van der Waals surface area (Å²) in [4.78, 5) is 24.0. The Morgan fingerprint density at radius 3 is 2.41 bits per heavy atom. The Morgan fingerprint density at radius 1 is 1.14 bits per heavy atom. The molecular weight excluding hydrogens is 280 g/mol. The van der Waals surface area contributed by atoms with Crippen LogP contribution in [0.5, 0.6) is 0 Å². The van der Waals surface area contributed by atoms with E-state index in [1.54, 1.807) is 0 Å². The summed E-state index contributed by atoms with van der Waals surface area (Å²) in [5, 5.41) is 6.03. The van der Waals surface area contributed by atoms with E-state index in [0.717, 1.165) is 50.5 Å². The highest BCUT2D eigenvalue weighted by atomic mass is 16.6. The van der Waals surface area contributed by atoms with Crippen molar-refractivity contribution in [3.63, 3.8) is 0 Å². The minimum atomic E-state index is -0.485. The molecule has 0 unspecified atom stereocenters. The Kier molecular flexibility index (Phi) is 5.48. The number of rotatable bonds is 3. The fourth-order valence-electron chi connectivity index (χ4n) is 3.08. The average Bonchev–Trinajstić information content (AvgIpc) is 2.90. The third-order valence-corrected chi connectivity index (χ3v) is 4.06. The number of amides is 2. The molecule has 2 N–H and O–H groups in total. The van der Waals surface area contributed by atoms with Crippen molar-refractivity contribution in [2.24, 2.45) is 0 Å². The minimum absolute atomic E-state index is 0.0698. The van der Waals surface area contributed by atoms with E-state index in [9.17, 15) is 9.59 Å². The lowest BCUT2D eigenvalue weighted by Crippen LogP contribution is -2.47. The summed E-state index contributed by atoms with van der Waals surface area (Å²) < 4.78 is 5.29. The number of hydrogen-bond donors (Lipinski definition) is 2. The highest BCUT2D eigenvalue weighted by Gasteiger charge is 2.27. The second-order valence-corrected chi connectivity index (χ2v) is 7.30. The van der Waals surface area contributed by atoms with Gasteiger partial charge in [0.05, 0.1) is 0 Å². The van der Waals surface area contributed by atoms with Crippen LogP contribution in [0, 0.1) is 0 Å². The van der Waals surface area contributed by atoms with Crippen LogP contribution in [-0.4, -0.2) is 29.7 Å². The van der Waals surface area contributed by atoms with E-state index in [4.69, 9.17) is 4.74 Å². The molecule has 2 amide bonds. The van der Waals surface area contributed by atoms with Crippen LogP contribution in [0.4, 0.5) is 4.79 Å². The van der Waals surface area contributed by atoms with Gasteiger partial charge in [-0.1, -0.05) is 6.08 Å². The van der Waals surface area contributed by atoms with E-state index in [-0.39, 0.29) is 24.1 Å². The Balaban J connectivity index is 1.79. The van der Waals surface area contributed by atoms with E-state index in [0.29, 0.717) is 0 Å². The maximum atomic E-state index is 12.1. The van der Waals surface area contributed by atoms with Crippen molar-refractivity contribution in [3.8, 4) is 0 Å². The molecule has 2 aliphatic carbocycles. The summed E-state index contributed by atoms with van der Waals surface area (Å²) >= 11 is 0. The SMILES string of the molecule is CC(C)(C)OC(=O)N[C@@H]1CCC[C@@H](NC(=O)C2=CCCC2)C1. The van der Waals surface area contributed by atoms with Gasteiger partial charge in [-0.25, -0.2) is 4.79 Å². The van der Waals surface area contributed by atoms with Gasteiger partial charge in [-0.3, -0.25) is 4.79 Å². The molecule has 0 aliphatic heterocycles. The fourth-order valence-corrected chi connectivity index (χ4v) is 3.08. The normalized spacial score (nSPS) is 25.3. The van der Waals surface area contributed by atoms with Crippen molar-refractivity contribution in [1.82, 2.24) is 10.6 Å². The highest BCUT2D eigenvalue weighted by molar-refractivity contribution is 5.93. The Hall–Kier alpha value is -1.52. The van der Waals surface area contributed by atoms with Crippen LogP contribution in [0.25, 0.3) is 0 Å². The molecule has 0 heterocycles. The van der Waals surface area contributed by atoms with Gasteiger partial charge in [-0.2, -0.15) is 0 Å². The van der Waals surface area contributed by atoms with Crippen LogP contribution >= 0.6 is 0 Å². The average molecular weight is 308 g/mol. The zero-order valence-electron chi connectivity index (χ0n) is 13.9. The summed E-state index contributed by atoms with van der Waals surface area (Å²) in [7, 11) is 0. The molecular formula is C17H28N2O3. The molecule has 0 bridgehead atoms. The van der Waals surface area contributed by atoms with Crippen LogP contribution in [0.1, 0.15) is 65.7 Å². The summed E-state index contributed by atoms with van der Waals surface area (Å²) in [5.41, 5.74) is 0.434. The summed E-state index contributed by atoms with van der Waals surface area (Å²) in [6, 6.07) is 0.217. The van der Waals surface area contributed by atoms with E-state index in [1.165, 1.54) is 0 Å². The Morgan fingerprint density at radius 2 is 1.82 bits per heavy atom.